The summed E-state index contributed by atoms with van der Waals surface area (Å²) >= 11 is 6.10. The predicted molar refractivity (Wildman–Crippen MR) is 88.6 cm³/mol. The first-order valence-corrected chi connectivity index (χ1v) is 7.43. The molecule has 0 heterocycles. The fraction of sp³-hybridized carbons (Fsp3) is 0.188. The van der Waals surface area contributed by atoms with Crippen LogP contribution in [0.15, 0.2) is 48.5 Å². The van der Waals surface area contributed by atoms with Crippen LogP contribution < -0.4 is 10.2 Å². The molecule has 2 aromatic carbocycles. The molecule has 0 saturated carbocycles. The van der Waals surface area contributed by atoms with Crippen molar-refractivity contribution in [1.82, 2.24) is 0 Å². The van der Waals surface area contributed by atoms with Crippen LogP contribution in [-0.2, 0) is 11.3 Å². The Morgan fingerprint density at radius 1 is 1.22 bits per heavy atom. The maximum Gasteiger partial charge on any atom is 0.292 e. The molecule has 120 valence electrons. The van der Waals surface area contributed by atoms with E-state index >= 15 is 0 Å². The van der Waals surface area contributed by atoms with Gasteiger partial charge < -0.3 is 10.2 Å². The summed E-state index contributed by atoms with van der Waals surface area (Å²) in [5.41, 5.74) is 1.03. The number of hydrogen-bond donors (Lipinski definition) is 2. The summed E-state index contributed by atoms with van der Waals surface area (Å²) in [7, 11) is 1.86. The number of rotatable bonds is 6. The van der Waals surface area contributed by atoms with Gasteiger partial charge in [-0.15, -0.1) is 0 Å². The topological polar surface area (TPSA) is 76.7 Å². The summed E-state index contributed by atoms with van der Waals surface area (Å²) in [4.78, 5) is 23.4. The maximum atomic E-state index is 12.1. The Morgan fingerprint density at radius 3 is 2.57 bits per heavy atom. The Bertz CT molecular complexity index is 721. The first-order chi connectivity index (χ1) is 11.0. The smallest absolute Gasteiger partial charge is 0.292 e. The van der Waals surface area contributed by atoms with Crippen LogP contribution in [0.2, 0.25) is 5.02 Å². The van der Waals surface area contributed by atoms with Gasteiger partial charge in [0, 0.05) is 16.7 Å². The lowest BCUT2D eigenvalue weighted by Gasteiger charge is -2.14. The molecular formula is C16H17ClN3O3+. The molecule has 1 unspecified atom stereocenters. The number of benzene rings is 2. The van der Waals surface area contributed by atoms with Crippen LogP contribution in [0.5, 0.6) is 0 Å². The number of likely N-dealkylation sites (N-methyl/N-ethyl adjacent to an activating group) is 1. The first-order valence-electron chi connectivity index (χ1n) is 7.05. The number of nitro benzene ring substituents is 1. The Morgan fingerprint density at radius 2 is 1.87 bits per heavy atom. The molecule has 0 aromatic heterocycles. The molecule has 0 fully saturated rings. The van der Waals surface area contributed by atoms with Crippen molar-refractivity contribution in [3.05, 3.63) is 69.2 Å². The summed E-state index contributed by atoms with van der Waals surface area (Å²) in [6, 6.07) is 13.5. The third kappa shape index (κ3) is 4.77. The molecule has 2 aromatic rings. The van der Waals surface area contributed by atoms with E-state index in [-0.39, 0.29) is 23.8 Å². The normalized spacial score (nSPS) is 11.7. The Balaban J connectivity index is 1.97. The van der Waals surface area contributed by atoms with E-state index < -0.39 is 4.92 Å². The zero-order valence-electron chi connectivity index (χ0n) is 12.6. The Hall–Kier alpha value is -2.44. The van der Waals surface area contributed by atoms with E-state index in [1.54, 1.807) is 18.2 Å². The van der Waals surface area contributed by atoms with E-state index in [4.69, 9.17) is 11.6 Å². The van der Waals surface area contributed by atoms with Crippen LogP contribution in [0.4, 0.5) is 11.4 Å². The second-order valence-electron chi connectivity index (χ2n) is 5.22. The third-order valence-electron chi connectivity index (χ3n) is 3.29. The Kier molecular flexibility index (Phi) is 5.67. The van der Waals surface area contributed by atoms with Gasteiger partial charge in [-0.3, -0.25) is 14.9 Å². The zero-order valence-corrected chi connectivity index (χ0v) is 13.3. The van der Waals surface area contributed by atoms with Crippen LogP contribution in [0.3, 0.4) is 0 Å². The van der Waals surface area contributed by atoms with Gasteiger partial charge in [-0.1, -0.05) is 41.9 Å². The standard InChI is InChI=1S/C16H16ClN3O3/c1-19(10-12-6-2-3-7-13(12)17)11-16(21)18-14-8-4-5-9-15(14)20(22)23/h2-9H,10-11H2,1H3,(H,18,21)/p+1. The van der Waals surface area contributed by atoms with Crippen molar-refractivity contribution < 1.29 is 14.6 Å². The highest BCUT2D eigenvalue weighted by atomic mass is 35.5. The lowest BCUT2D eigenvalue weighted by atomic mass is 10.2. The van der Waals surface area contributed by atoms with Crippen molar-refractivity contribution >= 4 is 28.9 Å². The number of carbonyl (C=O) groups is 1. The maximum absolute atomic E-state index is 12.1. The second kappa shape index (κ2) is 7.71. The molecule has 0 spiro atoms. The molecule has 0 aliphatic rings. The van der Waals surface area contributed by atoms with Crippen LogP contribution in [-0.4, -0.2) is 24.4 Å². The second-order valence-corrected chi connectivity index (χ2v) is 5.63. The molecule has 1 amide bonds. The van der Waals surface area contributed by atoms with Crippen LogP contribution in [0.1, 0.15) is 5.56 Å². The van der Waals surface area contributed by atoms with Crippen molar-refractivity contribution in [3.63, 3.8) is 0 Å². The summed E-state index contributed by atoms with van der Waals surface area (Å²) in [6.45, 7) is 0.765. The summed E-state index contributed by atoms with van der Waals surface area (Å²) < 4.78 is 0. The molecule has 0 aliphatic heterocycles. The van der Waals surface area contributed by atoms with E-state index in [1.165, 1.54) is 12.1 Å². The number of nitrogens with one attached hydrogen (secondary N) is 2. The van der Waals surface area contributed by atoms with Crippen LogP contribution in [0.25, 0.3) is 0 Å². The zero-order chi connectivity index (χ0) is 16.8. The summed E-state index contributed by atoms with van der Waals surface area (Å²) in [6.07, 6.45) is 0. The van der Waals surface area contributed by atoms with Gasteiger partial charge in [0.25, 0.3) is 11.6 Å². The largest absolute Gasteiger partial charge is 0.326 e. The van der Waals surface area contributed by atoms with E-state index in [1.807, 2.05) is 25.2 Å². The van der Waals surface area contributed by atoms with Crippen molar-refractivity contribution in [2.45, 2.75) is 6.54 Å². The van der Waals surface area contributed by atoms with E-state index in [0.717, 1.165) is 10.5 Å². The minimum atomic E-state index is -0.518. The molecule has 1 atom stereocenters. The molecule has 0 saturated heterocycles. The highest BCUT2D eigenvalue weighted by Crippen LogP contribution is 2.22. The number of carbonyl (C=O) groups excluding carboxylic acids is 1. The number of para-hydroxylation sites is 2. The molecule has 2 rings (SSSR count). The quantitative estimate of drug-likeness (QED) is 0.625. The number of amides is 1. The van der Waals surface area contributed by atoms with Crippen molar-refractivity contribution in [1.29, 1.82) is 0 Å². The van der Waals surface area contributed by atoms with Gasteiger partial charge in [0.2, 0.25) is 0 Å². The van der Waals surface area contributed by atoms with Crippen molar-refractivity contribution in [3.8, 4) is 0 Å². The number of anilines is 1. The number of halogens is 1. The average molecular weight is 335 g/mol. The third-order valence-corrected chi connectivity index (χ3v) is 3.66. The molecule has 2 N–H and O–H groups in total. The number of hydrogen-bond acceptors (Lipinski definition) is 3. The monoisotopic (exact) mass is 334 g/mol. The molecule has 0 radical (unpaired) electrons. The molecule has 23 heavy (non-hydrogen) atoms. The van der Waals surface area contributed by atoms with Gasteiger partial charge in [0.05, 0.1) is 12.0 Å². The highest BCUT2D eigenvalue weighted by Gasteiger charge is 2.17. The molecule has 0 bridgehead atoms. The van der Waals surface area contributed by atoms with Crippen molar-refractivity contribution in [2.24, 2.45) is 0 Å². The highest BCUT2D eigenvalue weighted by molar-refractivity contribution is 6.31. The van der Waals surface area contributed by atoms with E-state index in [9.17, 15) is 14.9 Å². The number of nitro groups is 1. The van der Waals surface area contributed by atoms with Crippen LogP contribution >= 0.6 is 11.6 Å². The van der Waals surface area contributed by atoms with Gasteiger partial charge in [-0.2, -0.15) is 0 Å². The van der Waals surface area contributed by atoms with E-state index in [0.29, 0.717) is 11.6 Å². The molecular weight excluding hydrogens is 318 g/mol. The van der Waals surface area contributed by atoms with Gasteiger partial charge >= 0.3 is 0 Å². The summed E-state index contributed by atoms with van der Waals surface area (Å²) in [5, 5.41) is 14.2. The van der Waals surface area contributed by atoms with Crippen LogP contribution in [0, 0.1) is 10.1 Å². The van der Waals surface area contributed by atoms with Crippen molar-refractivity contribution in [2.75, 3.05) is 18.9 Å². The predicted octanol–water partition coefficient (Wildman–Crippen LogP) is 1.90. The summed E-state index contributed by atoms with van der Waals surface area (Å²) in [5.74, 6) is -0.288. The van der Waals surface area contributed by atoms with Gasteiger partial charge in [0.15, 0.2) is 6.54 Å². The van der Waals surface area contributed by atoms with E-state index in [2.05, 4.69) is 5.32 Å². The average Bonchev–Trinajstić information content (AvgIpc) is 2.49. The Labute approximate surface area is 138 Å². The minimum absolute atomic E-state index is 0.121. The van der Waals surface area contributed by atoms with Gasteiger partial charge in [-0.05, 0) is 12.1 Å². The molecule has 6 nitrogen and oxygen atoms in total. The fourth-order valence-corrected chi connectivity index (χ4v) is 2.44. The molecule has 0 aliphatic carbocycles. The molecule has 7 heteroatoms. The fourth-order valence-electron chi connectivity index (χ4n) is 2.24. The lowest BCUT2D eigenvalue weighted by Crippen LogP contribution is -3.08. The first kappa shape index (κ1) is 16.9. The minimum Gasteiger partial charge on any atom is -0.326 e. The number of nitrogens with zero attached hydrogens (tertiary/aromatic N) is 1. The number of quaternary nitrogens is 1. The lowest BCUT2D eigenvalue weighted by molar-refractivity contribution is -0.885. The van der Waals surface area contributed by atoms with Gasteiger partial charge in [0.1, 0.15) is 12.2 Å². The van der Waals surface area contributed by atoms with Gasteiger partial charge in [-0.25, -0.2) is 0 Å². The SMILES string of the molecule is C[NH+](CC(=O)Nc1ccccc1[N+](=O)[O-])Cc1ccccc1Cl.